The third-order valence-corrected chi connectivity index (χ3v) is 4.14. The summed E-state index contributed by atoms with van der Waals surface area (Å²) in [6, 6.07) is 10.2. The highest BCUT2D eigenvalue weighted by atomic mass is 16.6. The maximum atomic E-state index is 12.2. The normalized spacial score (nSPS) is 20.3. The van der Waals surface area contributed by atoms with Crippen LogP contribution in [0.15, 0.2) is 42.5 Å². The largest absolute Gasteiger partial charge is 0.465 e. The van der Waals surface area contributed by atoms with Gasteiger partial charge in [0.2, 0.25) is 0 Å². The second-order valence-electron chi connectivity index (χ2n) is 5.65. The fourth-order valence-corrected chi connectivity index (χ4v) is 3.08. The molecule has 2 atom stereocenters. The number of rotatable bonds is 6. The van der Waals surface area contributed by atoms with E-state index in [0.29, 0.717) is 5.92 Å². The van der Waals surface area contributed by atoms with E-state index in [1.54, 1.807) is 13.8 Å². The molecule has 0 heterocycles. The van der Waals surface area contributed by atoms with E-state index in [2.05, 4.69) is 18.2 Å². The van der Waals surface area contributed by atoms with Crippen molar-refractivity contribution in [2.75, 3.05) is 13.2 Å². The summed E-state index contributed by atoms with van der Waals surface area (Å²) >= 11 is 0. The number of ether oxygens (including phenoxy) is 2. The van der Waals surface area contributed by atoms with Crippen LogP contribution in [0, 0.1) is 11.8 Å². The van der Waals surface area contributed by atoms with Crippen molar-refractivity contribution in [1.29, 1.82) is 0 Å². The fraction of sp³-hybridized carbons (Fsp3) is 0.474. The van der Waals surface area contributed by atoms with E-state index < -0.39 is 17.9 Å². The van der Waals surface area contributed by atoms with Crippen molar-refractivity contribution < 1.29 is 19.1 Å². The van der Waals surface area contributed by atoms with Gasteiger partial charge in [0.05, 0.1) is 13.2 Å². The molecule has 1 aromatic carbocycles. The van der Waals surface area contributed by atoms with Crippen LogP contribution in [-0.4, -0.2) is 25.2 Å². The average molecular weight is 316 g/mol. The first-order chi connectivity index (χ1) is 11.2. The van der Waals surface area contributed by atoms with Crippen LogP contribution in [0.1, 0.15) is 38.2 Å². The monoisotopic (exact) mass is 316 g/mol. The lowest BCUT2D eigenvalue weighted by atomic mass is 9.76. The molecule has 0 saturated heterocycles. The first-order valence-corrected chi connectivity index (χ1v) is 8.22. The van der Waals surface area contributed by atoms with Gasteiger partial charge >= 0.3 is 11.9 Å². The van der Waals surface area contributed by atoms with Crippen LogP contribution in [0.4, 0.5) is 0 Å². The SMILES string of the molecule is CCOC(=O)C(C(=O)OCC)[C@@H]1C=CC[C@@H](c2ccccc2)C1. The van der Waals surface area contributed by atoms with Crippen LogP contribution < -0.4 is 0 Å². The van der Waals surface area contributed by atoms with Crippen LogP contribution in [-0.2, 0) is 19.1 Å². The first-order valence-electron chi connectivity index (χ1n) is 8.22. The quantitative estimate of drug-likeness (QED) is 0.458. The number of esters is 2. The molecular weight excluding hydrogens is 292 g/mol. The summed E-state index contributed by atoms with van der Waals surface area (Å²) in [7, 11) is 0. The second-order valence-corrected chi connectivity index (χ2v) is 5.65. The van der Waals surface area contributed by atoms with Crippen LogP contribution >= 0.6 is 0 Å². The number of benzene rings is 1. The van der Waals surface area contributed by atoms with Crippen molar-refractivity contribution in [3.63, 3.8) is 0 Å². The average Bonchev–Trinajstić information content (AvgIpc) is 2.57. The molecule has 0 fully saturated rings. The van der Waals surface area contributed by atoms with Gasteiger partial charge in [-0.3, -0.25) is 9.59 Å². The Bertz CT molecular complexity index is 532. The Hall–Kier alpha value is -2.10. The minimum Gasteiger partial charge on any atom is -0.465 e. The van der Waals surface area contributed by atoms with E-state index >= 15 is 0 Å². The zero-order chi connectivity index (χ0) is 16.7. The van der Waals surface area contributed by atoms with Gasteiger partial charge in [-0.05, 0) is 38.2 Å². The zero-order valence-electron chi connectivity index (χ0n) is 13.7. The summed E-state index contributed by atoms with van der Waals surface area (Å²) in [6.07, 6.45) is 5.66. The summed E-state index contributed by atoms with van der Waals surface area (Å²) in [5, 5.41) is 0. The summed E-state index contributed by atoms with van der Waals surface area (Å²) in [6.45, 7) is 3.99. The molecule has 0 saturated carbocycles. The molecule has 0 radical (unpaired) electrons. The number of allylic oxidation sites excluding steroid dienone is 2. The summed E-state index contributed by atoms with van der Waals surface area (Å²) < 4.78 is 10.2. The molecule has 1 aliphatic rings. The summed E-state index contributed by atoms with van der Waals surface area (Å²) in [5.41, 5.74) is 1.23. The van der Waals surface area contributed by atoms with E-state index in [9.17, 15) is 9.59 Å². The minimum atomic E-state index is -0.877. The van der Waals surface area contributed by atoms with Crippen molar-refractivity contribution in [3.8, 4) is 0 Å². The van der Waals surface area contributed by atoms with Gasteiger partial charge in [0, 0.05) is 5.92 Å². The topological polar surface area (TPSA) is 52.6 Å². The predicted octanol–water partition coefficient (Wildman–Crippen LogP) is 3.48. The van der Waals surface area contributed by atoms with Crippen molar-refractivity contribution >= 4 is 11.9 Å². The third kappa shape index (κ3) is 4.44. The van der Waals surface area contributed by atoms with Crippen LogP contribution in [0.3, 0.4) is 0 Å². The molecule has 2 rings (SSSR count). The van der Waals surface area contributed by atoms with Crippen molar-refractivity contribution in [1.82, 2.24) is 0 Å². The van der Waals surface area contributed by atoms with Gasteiger partial charge in [-0.15, -0.1) is 0 Å². The maximum Gasteiger partial charge on any atom is 0.320 e. The highest BCUT2D eigenvalue weighted by Crippen LogP contribution is 2.36. The van der Waals surface area contributed by atoms with Crippen LogP contribution in [0.5, 0.6) is 0 Å². The Balaban J connectivity index is 2.17. The van der Waals surface area contributed by atoms with Gasteiger partial charge in [0.25, 0.3) is 0 Å². The van der Waals surface area contributed by atoms with Crippen molar-refractivity contribution in [2.24, 2.45) is 11.8 Å². The number of hydrogen-bond acceptors (Lipinski definition) is 4. The maximum absolute atomic E-state index is 12.2. The van der Waals surface area contributed by atoms with E-state index in [1.807, 2.05) is 24.3 Å². The fourth-order valence-electron chi connectivity index (χ4n) is 3.08. The van der Waals surface area contributed by atoms with E-state index in [1.165, 1.54) is 5.56 Å². The lowest BCUT2D eigenvalue weighted by Crippen LogP contribution is -2.35. The van der Waals surface area contributed by atoms with Gasteiger partial charge in [0.1, 0.15) is 0 Å². The smallest absolute Gasteiger partial charge is 0.320 e. The Labute approximate surface area is 137 Å². The van der Waals surface area contributed by atoms with E-state index in [4.69, 9.17) is 9.47 Å². The molecule has 0 spiro atoms. The van der Waals surface area contributed by atoms with Gasteiger partial charge in [0.15, 0.2) is 5.92 Å². The predicted molar refractivity (Wildman–Crippen MR) is 87.8 cm³/mol. The Morgan fingerprint density at radius 1 is 1.09 bits per heavy atom. The molecule has 1 aliphatic carbocycles. The Morgan fingerprint density at radius 3 is 2.26 bits per heavy atom. The molecule has 0 N–H and O–H groups in total. The third-order valence-electron chi connectivity index (χ3n) is 4.14. The van der Waals surface area contributed by atoms with Gasteiger partial charge in [-0.25, -0.2) is 0 Å². The Morgan fingerprint density at radius 2 is 1.70 bits per heavy atom. The van der Waals surface area contributed by atoms with Crippen molar-refractivity contribution in [2.45, 2.75) is 32.6 Å². The highest BCUT2D eigenvalue weighted by molar-refractivity contribution is 5.95. The molecule has 4 nitrogen and oxygen atoms in total. The van der Waals surface area contributed by atoms with Gasteiger partial charge < -0.3 is 9.47 Å². The van der Waals surface area contributed by atoms with Crippen LogP contribution in [0.2, 0.25) is 0 Å². The molecule has 1 aromatic rings. The van der Waals surface area contributed by atoms with Crippen LogP contribution in [0.25, 0.3) is 0 Å². The summed E-state index contributed by atoms with van der Waals surface area (Å²) in [4.78, 5) is 24.5. The molecule has 0 aliphatic heterocycles. The molecule has 0 amide bonds. The summed E-state index contributed by atoms with van der Waals surface area (Å²) in [5.74, 6) is -1.74. The lowest BCUT2D eigenvalue weighted by Gasteiger charge is -2.29. The number of hydrogen-bond donors (Lipinski definition) is 0. The molecule has 124 valence electrons. The highest BCUT2D eigenvalue weighted by Gasteiger charge is 2.38. The first kappa shape index (κ1) is 17.3. The second kappa shape index (κ2) is 8.51. The van der Waals surface area contributed by atoms with Gasteiger partial charge in [-0.1, -0.05) is 42.5 Å². The molecular formula is C19H24O4. The van der Waals surface area contributed by atoms with E-state index in [-0.39, 0.29) is 19.1 Å². The molecule has 0 unspecified atom stereocenters. The minimum absolute atomic E-state index is 0.188. The zero-order valence-corrected chi connectivity index (χ0v) is 13.7. The standard InChI is InChI=1S/C19H24O4/c1-3-22-18(20)17(19(21)23-4-2)16-12-8-11-15(13-16)14-9-6-5-7-10-14/h5-10,12,15-17H,3-4,11,13H2,1-2H3/t15-,16-/m1/s1. The molecule has 4 heteroatoms. The number of carbonyl (C=O) groups excluding carboxylic acids is 2. The molecule has 0 aromatic heterocycles. The van der Waals surface area contributed by atoms with E-state index in [0.717, 1.165) is 12.8 Å². The Kier molecular flexibility index (Phi) is 6.39. The van der Waals surface area contributed by atoms with Gasteiger partial charge in [-0.2, -0.15) is 0 Å². The number of carbonyl (C=O) groups is 2. The lowest BCUT2D eigenvalue weighted by molar-refractivity contribution is -0.163. The molecule has 23 heavy (non-hydrogen) atoms. The van der Waals surface area contributed by atoms with Crippen molar-refractivity contribution in [3.05, 3.63) is 48.0 Å². The molecule has 0 bridgehead atoms.